The quantitative estimate of drug-likeness (QED) is 0.532. The van der Waals surface area contributed by atoms with Gasteiger partial charge in [-0.25, -0.2) is 4.98 Å². The van der Waals surface area contributed by atoms with Crippen LogP contribution in [0, 0.1) is 0 Å². The van der Waals surface area contributed by atoms with E-state index in [9.17, 15) is 35.1 Å². The molecular weight excluding hydrogens is 404 g/mol. The van der Waals surface area contributed by atoms with Gasteiger partial charge >= 0.3 is 18.3 Å². The van der Waals surface area contributed by atoms with Crippen LogP contribution in [0.15, 0.2) is 41.1 Å². The van der Waals surface area contributed by atoms with Crippen LogP contribution in [0.1, 0.15) is 5.56 Å². The Hall–Kier alpha value is -2.92. The SMILES string of the molecule is FC(F)(F)c1ccc2oc(-c3ccncc3OCC(F)(F)C(F)(F)F)nc2c1. The molecule has 0 amide bonds. The fraction of sp³-hybridized carbons (Fsp3) is 0.250. The lowest BCUT2D eigenvalue weighted by atomic mass is 10.2. The molecule has 0 fully saturated rings. The van der Waals surface area contributed by atoms with Crippen molar-refractivity contribution in [2.24, 2.45) is 0 Å². The number of nitrogens with zero attached hydrogens (tertiary/aromatic N) is 2. The molecule has 0 aliphatic rings. The first-order valence-corrected chi connectivity index (χ1v) is 7.38. The van der Waals surface area contributed by atoms with Gasteiger partial charge in [0.2, 0.25) is 5.89 Å². The molecule has 0 radical (unpaired) electrons. The van der Waals surface area contributed by atoms with Crippen LogP contribution in [0.25, 0.3) is 22.6 Å². The lowest BCUT2D eigenvalue weighted by Crippen LogP contribution is -2.41. The molecule has 150 valence electrons. The molecule has 0 N–H and O–H groups in total. The molecule has 0 unspecified atom stereocenters. The number of halogens is 8. The minimum atomic E-state index is -5.82. The molecule has 2 aromatic heterocycles. The topological polar surface area (TPSA) is 48.2 Å². The largest absolute Gasteiger partial charge is 0.484 e. The standard InChI is InChI=1S/C16H8F8N2O2/c17-14(18,16(22,23)24)7-27-12-6-25-4-3-9(12)13-26-10-5-8(15(19,20)21)1-2-11(10)28-13/h1-6H,7H2. The molecule has 0 atom stereocenters. The van der Waals surface area contributed by atoms with Gasteiger partial charge in [0.25, 0.3) is 0 Å². The minimum absolute atomic E-state index is 0.0496. The fourth-order valence-electron chi connectivity index (χ4n) is 2.14. The third kappa shape index (κ3) is 3.85. The first kappa shape index (κ1) is 19.8. The smallest absolute Gasteiger partial charge is 0.456 e. The van der Waals surface area contributed by atoms with Crippen molar-refractivity contribution in [3.05, 3.63) is 42.2 Å². The molecule has 3 aromatic rings. The zero-order valence-electron chi connectivity index (χ0n) is 13.4. The van der Waals surface area contributed by atoms with Crippen LogP contribution in [-0.4, -0.2) is 28.7 Å². The van der Waals surface area contributed by atoms with Crippen molar-refractivity contribution in [3.63, 3.8) is 0 Å². The summed E-state index contributed by atoms with van der Waals surface area (Å²) in [4.78, 5) is 7.39. The molecule has 0 aliphatic heterocycles. The summed E-state index contributed by atoms with van der Waals surface area (Å²) in [5.74, 6) is -5.96. The predicted octanol–water partition coefficient (Wildman–Crippen LogP) is 5.49. The van der Waals surface area contributed by atoms with E-state index in [1.54, 1.807) is 0 Å². The Morgan fingerprint density at radius 2 is 1.68 bits per heavy atom. The molecule has 0 spiro atoms. The molecule has 12 heteroatoms. The van der Waals surface area contributed by atoms with Crippen molar-refractivity contribution in [2.75, 3.05) is 6.61 Å². The Kier molecular flexibility index (Phi) is 4.68. The lowest BCUT2D eigenvalue weighted by molar-refractivity contribution is -0.289. The minimum Gasteiger partial charge on any atom is -0.484 e. The summed E-state index contributed by atoms with van der Waals surface area (Å²) < 4.78 is 111. The summed E-state index contributed by atoms with van der Waals surface area (Å²) in [6.07, 6.45) is -8.43. The van der Waals surface area contributed by atoms with Crippen LogP contribution in [0.4, 0.5) is 35.1 Å². The second-order valence-corrected chi connectivity index (χ2v) is 5.56. The molecule has 28 heavy (non-hydrogen) atoms. The molecule has 2 heterocycles. The monoisotopic (exact) mass is 412 g/mol. The molecule has 0 saturated carbocycles. The number of oxazole rings is 1. The van der Waals surface area contributed by atoms with E-state index in [-0.39, 0.29) is 22.6 Å². The van der Waals surface area contributed by atoms with Crippen molar-refractivity contribution in [3.8, 4) is 17.2 Å². The Bertz CT molecular complexity index is 994. The number of aromatic nitrogens is 2. The maximum Gasteiger partial charge on any atom is 0.456 e. The highest BCUT2D eigenvalue weighted by atomic mass is 19.4. The van der Waals surface area contributed by atoms with E-state index in [0.717, 1.165) is 30.6 Å². The number of ether oxygens (including phenoxy) is 1. The Morgan fingerprint density at radius 1 is 0.964 bits per heavy atom. The van der Waals surface area contributed by atoms with Crippen LogP contribution >= 0.6 is 0 Å². The zero-order valence-corrected chi connectivity index (χ0v) is 13.4. The van der Waals surface area contributed by atoms with Gasteiger partial charge in [-0.05, 0) is 24.3 Å². The molecule has 3 rings (SSSR count). The third-order valence-electron chi connectivity index (χ3n) is 3.55. The summed E-state index contributed by atoms with van der Waals surface area (Å²) in [6, 6.07) is 3.62. The van der Waals surface area contributed by atoms with E-state index in [2.05, 4.69) is 14.7 Å². The zero-order chi connectivity index (χ0) is 20.7. The van der Waals surface area contributed by atoms with Gasteiger partial charge < -0.3 is 9.15 Å². The number of hydrogen-bond donors (Lipinski definition) is 0. The van der Waals surface area contributed by atoms with Crippen LogP contribution < -0.4 is 4.74 Å². The number of benzene rings is 1. The van der Waals surface area contributed by atoms with E-state index in [1.165, 1.54) is 0 Å². The van der Waals surface area contributed by atoms with Gasteiger partial charge in [-0.15, -0.1) is 0 Å². The highest BCUT2D eigenvalue weighted by Gasteiger charge is 2.58. The molecule has 0 bridgehead atoms. The average molecular weight is 412 g/mol. The van der Waals surface area contributed by atoms with Crippen molar-refractivity contribution in [1.29, 1.82) is 0 Å². The summed E-state index contributed by atoms with van der Waals surface area (Å²) in [5.41, 5.74) is -1.38. The van der Waals surface area contributed by atoms with Crippen molar-refractivity contribution < 1.29 is 44.3 Å². The maximum atomic E-state index is 13.1. The van der Waals surface area contributed by atoms with Gasteiger partial charge in [0.05, 0.1) is 17.3 Å². The average Bonchev–Trinajstić information content (AvgIpc) is 3.01. The highest BCUT2D eigenvalue weighted by molar-refractivity contribution is 5.78. The Balaban J connectivity index is 1.94. The first-order valence-electron chi connectivity index (χ1n) is 7.38. The molecule has 0 saturated heterocycles. The number of rotatable bonds is 4. The predicted molar refractivity (Wildman–Crippen MR) is 78.7 cm³/mol. The second kappa shape index (κ2) is 6.60. The molecule has 4 nitrogen and oxygen atoms in total. The van der Waals surface area contributed by atoms with Crippen LogP contribution in [-0.2, 0) is 6.18 Å². The van der Waals surface area contributed by atoms with Crippen LogP contribution in [0.5, 0.6) is 5.75 Å². The maximum absolute atomic E-state index is 13.1. The van der Waals surface area contributed by atoms with E-state index < -0.39 is 36.2 Å². The van der Waals surface area contributed by atoms with Gasteiger partial charge in [-0.2, -0.15) is 35.1 Å². The van der Waals surface area contributed by atoms with Crippen molar-refractivity contribution in [2.45, 2.75) is 18.3 Å². The van der Waals surface area contributed by atoms with Gasteiger partial charge in [0.15, 0.2) is 17.9 Å². The number of pyridine rings is 1. The van der Waals surface area contributed by atoms with E-state index in [0.29, 0.717) is 6.07 Å². The molecule has 1 aromatic carbocycles. The van der Waals surface area contributed by atoms with Gasteiger partial charge in [-0.3, -0.25) is 4.98 Å². The van der Waals surface area contributed by atoms with Crippen molar-refractivity contribution >= 4 is 11.1 Å². The van der Waals surface area contributed by atoms with Gasteiger partial charge in [-0.1, -0.05) is 0 Å². The third-order valence-corrected chi connectivity index (χ3v) is 3.55. The second-order valence-electron chi connectivity index (χ2n) is 5.56. The lowest BCUT2D eigenvalue weighted by Gasteiger charge is -2.20. The fourth-order valence-corrected chi connectivity index (χ4v) is 2.14. The highest BCUT2D eigenvalue weighted by Crippen LogP contribution is 2.38. The Morgan fingerprint density at radius 3 is 2.32 bits per heavy atom. The normalized spacial score (nSPS) is 13.1. The molecular formula is C16H8F8N2O2. The van der Waals surface area contributed by atoms with E-state index >= 15 is 0 Å². The number of fused-ring (bicyclic) bond motifs is 1. The molecule has 0 aliphatic carbocycles. The van der Waals surface area contributed by atoms with Gasteiger partial charge in [0, 0.05) is 6.20 Å². The van der Waals surface area contributed by atoms with E-state index in [1.807, 2.05) is 0 Å². The van der Waals surface area contributed by atoms with Crippen molar-refractivity contribution in [1.82, 2.24) is 9.97 Å². The van der Waals surface area contributed by atoms with Crippen LogP contribution in [0.3, 0.4) is 0 Å². The van der Waals surface area contributed by atoms with Gasteiger partial charge in [0.1, 0.15) is 5.52 Å². The number of alkyl halides is 8. The van der Waals surface area contributed by atoms with E-state index in [4.69, 9.17) is 4.42 Å². The first-order chi connectivity index (χ1) is 12.9. The summed E-state index contributed by atoms with van der Waals surface area (Å²) >= 11 is 0. The van der Waals surface area contributed by atoms with Crippen LogP contribution in [0.2, 0.25) is 0 Å². The summed E-state index contributed by atoms with van der Waals surface area (Å²) in [5, 5.41) is 0. The summed E-state index contributed by atoms with van der Waals surface area (Å²) in [7, 11) is 0. The number of hydrogen-bond acceptors (Lipinski definition) is 4. The Labute approximate surface area is 150 Å². The summed E-state index contributed by atoms with van der Waals surface area (Å²) in [6.45, 7) is -2.02.